The van der Waals surface area contributed by atoms with E-state index in [1.54, 1.807) is 6.08 Å². The van der Waals surface area contributed by atoms with Gasteiger partial charge in [-0.2, -0.15) is 0 Å². The summed E-state index contributed by atoms with van der Waals surface area (Å²) < 4.78 is 0. The van der Waals surface area contributed by atoms with Gasteiger partial charge in [-0.3, -0.25) is 0 Å². The molecule has 0 spiro atoms. The van der Waals surface area contributed by atoms with Gasteiger partial charge in [0.15, 0.2) is 0 Å². The molecule has 176 valence electrons. The van der Waals surface area contributed by atoms with Crippen molar-refractivity contribution in [1.82, 2.24) is 0 Å². The molecule has 2 N–H and O–H groups in total. The van der Waals surface area contributed by atoms with Crippen molar-refractivity contribution >= 4 is 0 Å². The molecule has 2 unspecified atom stereocenters. The van der Waals surface area contributed by atoms with Crippen LogP contribution >= 0.6 is 0 Å². The monoisotopic (exact) mass is 436 g/mol. The first-order valence-corrected chi connectivity index (χ1v) is 12.6. The molecule has 0 aromatic heterocycles. The zero-order chi connectivity index (χ0) is 23.5. The first-order chi connectivity index (χ1) is 15.7. The zero-order valence-electron chi connectivity index (χ0n) is 20.1. The van der Waals surface area contributed by atoms with Gasteiger partial charge in [0.2, 0.25) is 0 Å². The normalized spacial score (nSPS) is 12.1. The predicted octanol–water partition coefficient (Wildman–Crippen LogP) is 6.56. The fraction of sp³-hybridized carbons (Fsp3) is 0.667. The molecule has 0 aliphatic heterocycles. The standard InChI is InChI=1S/C30H44O2/c1-3-29(31)27-25-23-21-19-17-15-13-11-9-7-5-6-8-10-12-14-16-18-20-22-24-26-28-30(32)4-2/h1-2,25,27,29-32H,5-7,12-24,26,28H2. The van der Waals surface area contributed by atoms with Gasteiger partial charge in [-0.25, -0.2) is 0 Å². The smallest absolute Gasteiger partial charge is 0.133 e. The molecule has 0 rings (SSSR count). The first-order valence-electron chi connectivity index (χ1n) is 12.6. The van der Waals surface area contributed by atoms with Crippen LogP contribution in [0.15, 0.2) is 12.2 Å². The SMILES string of the molecule is C#CC(O)C=CCCCCCCC#CCCCC#CCCCCCCCCCC(O)C#C. The molecule has 2 heteroatoms. The summed E-state index contributed by atoms with van der Waals surface area (Å²) in [7, 11) is 0. The lowest BCUT2D eigenvalue weighted by atomic mass is 10.1. The lowest BCUT2D eigenvalue weighted by Gasteiger charge is -2.03. The minimum Gasteiger partial charge on any atom is -0.380 e. The van der Waals surface area contributed by atoms with Crippen molar-refractivity contribution in [3.05, 3.63) is 12.2 Å². The van der Waals surface area contributed by atoms with Crippen molar-refractivity contribution in [1.29, 1.82) is 0 Å². The molecule has 0 aromatic rings. The van der Waals surface area contributed by atoms with Crippen LogP contribution in [0.1, 0.15) is 116 Å². The Balaban J connectivity index is 3.31. The Morgan fingerprint density at radius 1 is 0.562 bits per heavy atom. The molecular formula is C30H44O2. The molecule has 0 fully saturated rings. The summed E-state index contributed by atoms with van der Waals surface area (Å²) in [6, 6.07) is 0. The van der Waals surface area contributed by atoms with Gasteiger partial charge in [0.05, 0.1) is 0 Å². The number of hydrogen-bond acceptors (Lipinski definition) is 2. The molecule has 2 atom stereocenters. The highest BCUT2D eigenvalue weighted by Crippen LogP contribution is 2.10. The fourth-order valence-corrected chi connectivity index (χ4v) is 3.25. The molecule has 0 aromatic carbocycles. The predicted molar refractivity (Wildman–Crippen MR) is 137 cm³/mol. The third kappa shape index (κ3) is 24.2. The largest absolute Gasteiger partial charge is 0.380 e. The van der Waals surface area contributed by atoms with Gasteiger partial charge in [-0.05, 0) is 51.0 Å². The van der Waals surface area contributed by atoms with Crippen LogP contribution in [-0.2, 0) is 0 Å². The minimum absolute atomic E-state index is 0.558. The number of terminal acetylenes is 2. The van der Waals surface area contributed by atoms with Crippen molar-refractivity contribution in [3.8, 4) is 48.4 Å². The molecule has 0 aliphatic rings. The van der Waals surface area contributed by atoms with E-state index in [0.717, 1.165) is 57.8 Å². The van der Waals surface area contributed by atoms with E-state index >= 15 is 0 Å². The minimum atomic E-state index is -0.741. The molecule has 32 heavy (non-hydrogen) atoms. The van der Waals surface area contributed by atoms with Crippen LogP contribution in [0.3, 0.4) is 0 Å². The summed E-state index contributed by atoms with van der Waals surface area (Å²) >= 11 is 0. The van der Waals surface area contributed by atoms with Crippen molar-refractivity contribution in [2.24, 2.45) is 0 Å². The van der Waals surface area contributed by atoms with E-state index in [2.05, 4.69) is 35.5 Å². The van der Waals surface area contributed by atoms with E-state index < -0.39 is 12.2 Å². The van der Waals surface area contributed by atoms with E-state index in [-0.39, 0.29) is 0 Å². The highest BCUT2D eigenvalue weighted by molar-refractivity contribution is 5.06. The van der Waals surface area contributed by atoms with Crippen molar-refractivity contribution < 1.29 is 10.2 Å². The molecule has 2 nitrogen and oxygen atoms in total. The Morgan fingerprint density at radius 2 is 1.03 bits per heavy atom. The summed E-state index contributed by atoms with van der Waals surface area (Å²) in [5.41, 5.74) is 0. The van der Waals surface area contributed by atoms with Crippen LogP contribution in [0.5, 0.6) is 0 Å². The average molecular weight is 437 g/mol. The molecule has 0 radical (unpaired) electrons. The second kappa shape index (κ2) is 25.2. The lowest BCUT2D eigenvalue weighted by molar-refractivity contribution is 0.217. The second-order valence-electron chi connectivity index (χ2n) is 8.25. The Hall–Kier alpha value is -2.10. The van der Waals surface area contributed by atoms with Gasteiger partial charge in [-0.1, -0.05) is 62.9 Å². The van der Waals surface area contributed by atoms with Crippen LogP contribution in [0.4, 0.5) is 0 Å². The summed E-state index contributed by atoms with van der Waals surface area (Å²) in [6.07, 6.45) is 32.5. The quantitative estimate of drug-likeness (QED) is 0.145. The Labute approximate surface area is 198 Å². The number of aliphatic hydroxyl groups excluding tert-OH is 2. The van der Waals surface area contributed by atoms with Crippen LogP contribution in [0.25, 0.3) is 0 Å². The highest BCUT2D eigenvalue weighted by Gasteiger charge is 1.98. The van der Waals surface area contributed by atoms with E-state index in [1.165, 1.54) is 57.8 Å². The molecule has 0 bridgehead atoms. The number of unbranched alkanes of at least 4 members (excludes halogenated alkanes) is 14. The van der Waals surface area contributed by atoms with Crippen molar-refractivity contribution in [3.63, 3.8) is 0 Å². The molecule has 0 aliphatic carbocycles. The number of allylic oxidation sites excluding steroid dienone is 1. The summed E-state index contributed by atoms with van der Waals surface area (Å²) in [4.78, 5) is 0. The van der Waals surface area contributed by atoms with Gasteiger partial charge < -0.3 is 10.2 Å². The van der Waals surface area contributed by atoms with Gasteiger partial charge >= 0.3 is 0 Å². The Bertz CT molecular complexity index is 653. The zero-order valence-corrected chi connectivity index (χ0v) is 20.1. The number of hydrogen-bond donors (Lipinski definition) is 2. The van der Waals surface area contributed by atoms with Crippen LogP contribution in [0.2, 0.25) is 0 Å². The van der Waals surface area contributed by atoms with Crippen LogP contribution in [-0.4, -0.2) is 22.4 Å². The van der Waals surface area contributed by atoms with Crippen LogP contribution in [0, 0.1) is 48.4 Å². The van der Waals surface area contributed by atoms with E-state index in [0.29, 0.717) is 0 Å². The molecule has 0 amide bonds. The third-order valence-corrected chi connectivity index (χ3v) is 5.24. The molecule has 0 heterocycles. The fourth-order valence-electron chi connectivity index (χ4n) is 3.25. The highest BCUT2D eigenvalue weighted by atomic mass is 16.3. The van der Waals surface area contributed by atoms with E-state index in [1.807, 2.05) is 6.08 Å². The second-order valence-corrected chi connectivity index (χ2v) is 8.25. The van der Waals surface area contributed by atoms with E-state index in [4.69, 9.17) is 12.8 Å². The average Bonchev–Trinajstić information content (AvgIpc) is 2.81. The summed E-state index contributed by atoms with van der Waals surface area (Å²) in [6.45, 7) is 0. The third-order valence-electron chi connectivity index (χ3n) is 5.24. The molecule has 0 saturated carbocycles. The van der Waals surface area contributed by atoms with Crippen molar-refractivity contribution in [2.45, 2.75) is 128 Å². The summed E-state index contributed by atoms with van der Waals surface area (Å²) in [5, 5.41) is 18.5. The Kier molecular flexibility index (Phi) is 23.5. The first kappa shape index (κ1) is 29.9. The topological polar surface area (TPSA) is 40.5 Å². The van der Waals surface area contributed by atoms with Gasteiger partial charge in [0.1, 0.15) is 12.2 Å². The van der Waals surface area contributed by atoms with Gasteiger partial charge in [-0.15, -0.1) is 36.5 Å². The number of rotatable bonds is 18. The number of aliphatic hydroxyl groups is 2. The maximum atomic E-state index is 9.28. The molecular weight excluding hydrogens is 392 g/mol. The molecule has 0 saturated heterocycles. The van der Waals surface area contributed by atoms with E-state index in [9.17, 15) is 10.2 Å². The van der Waals surface area contributed by atoms with Crippen molar-refractivity contribution in [2.75, 3.05) is 0 Å². The maximum Gasteiger partial charge on any atom is 0.133 e. The van der Waals surface area contributed by atoms with Gasteiger partial charge in [0.25, 0.3) is 0 Å². The van der Waals surface area contributed by atoms with Gasteiger partial charge in [0, 0.05) is 25.7 Å². The maximum absolute atomic E-state index is 9.28. The lowest BCUT2D eigenvalue weighted by Crippen LogP contribution is -2.01. The Morgan fingerprint density at radius 3 is 1.56 bits per heavy atom. The summed E-state index contributed by atoms with van der Waals surface area (Å²) in [5.74, 6) is 17.7. The van der Waals surface area contributed by atoms with Crippen LogP contribution < -0.4 is 0 Å².